The van der Waals surface area contributed by atoms with Crippen molar-refractivity contribution in [3.8, 4) is 16.9 Å². The van der Waals surface area contributed by atoms with Crippen LogP contribution in [-0.4, -0.2) is 28.2 Å². The molecule has 0 fully saturated rings. The number of hydrogen-bond donors (Lipinski definition) is 2. The van der Waals surface area contributed by atoms with Crippen LogP contribution in [0.25, 0.3) is 21.3 Å². The van der Waals surface area contributed by atoms with Crippen molar-refractivity contribution in [1.29, 1.82) is 0 Å². The molecule has 6 nitrogen and oxygen atoms in total. The van der Waals surface area contributed by atoms with E-state index >= 15 is 0 Å². The Bertz CT molecular complexity index is 1280. The van der Waals surface area contributed by atoms with Crippen LogP contribution in [0.15, 0.2) is 69.9 Å². The highest BCUT2D eigenvalue weighted by atomic mass is 32.2. The average molecular weight is 459 g/mol. The third-order valence-electron chi connectivity index (χ3n) is 4.22. The number of nitrogens with zero attached hydrogens (tertiary/aromatic N) is 1. The van der Waals surface area contributed by atoms with Crippen LogP contribution < -0.4 is 15.6 Å². The number of aromatic nitrogens is 2. The first kappa shape index (κ1) is 21.0. The predicted molar refractivity (Wildman–Crippen MR) is 118 cm³/mol. The van der Waals surface area contributed by atoms with Gasteiger partial charge in [-0.3, -0.25) is 9.59 Å². The number of hydrogen-bond acceptors (Lipinski definition) is 6. The maximum absolute atomic E-state index is 12.6. The summed E-state index contributed by atoms with van der Waals surface area (Å²) in [5.41, 5.74) is 1.57. The van der Waals surface area contributed by atoms with E-state index in [4.69, 9.17) is 0 Å². The van der Waals surface area contributed by atoms with Gasteiger partial charge in [0.2, 0.25) is 5.91 Å². The Morgan fingerprint density at radius 1 is 1.16 bits per heavy atom. The molecule has 158 valence electrons. The molecular weight excluding hydrogens is 444 g/mol. The maximum atomic E-state index is 12.6. The molecule has 31 heavy (non-hydrogen) atoms. The maximum Gasteiger partial charge on any atom is 0.387 e. The fraction of sp³-hybridized carbons (Fsp3) is 0.0952. The number of fused-ring (bicyclic) bond motifs is 1. The van der Waals surface area contributed by atoms with Gasteiger partial charge in [-0.1, -0.05) is 54.2 Å². The zero-order valence-corrected chi connectivity index (χ0v) is 17.4. The van der Waals surface area contributed by atoms with Gasteiger partial charge >= 0.3 is 6.61 Å². The molecule has 4 aromatic rings. The van der Waals surface area contributed by atoms with Crippen LogP contribution in [0.3, 0.4) is 0 Å². The summed E-state index contributed by atoms with van der Waals surface area (Å²) in [6.45, 7) is -3.00. The highest BCUT2D eigenvalue weighted by Gasteiger charge is 2.15. The minimum atomic E-state index is -3.00. The second-order valence-electron chi connectivity index (χ2n) is 6.28. The van der Waals surface area contributed by atoms with E-state index in [2.05, 4.69) is 20.0 Å². The summed E-state index contributed by atoms with van der Waals surface area (Å²) in [6, 6.07) is 15.4. The zero-order chi connectivity index (χ0) is 21.8. The first-order chi connectivity index (χ1) is 15.0. The molecule has 0 saturated heterocycles. The number of carbonyl (C=O) groups is 1. The molecule has 0 radical (unpaired) electrons. The second kappa shape index (κ2) is 9.27. The number of H-pyrrole nitrogens is 1. The van der Waals surface area contributed by atoms with Crippen molar-refractivity contribution in [2.45, 2.75) is 11.8 Å². The van der Waals surface area contributed by atoms with E-state index in [1.807, 2.05) is 35.7 Å². The molecule has 2 heterocycles. The molecule has 2 N–H and O–H groups in total. The van der Waals surface area contributed by atoms with Gasteiger partial charge < -0.3 is 15.0 Å². The molecule has 0 spiro atoms. The van der Waals surface area contributed by atoms with E-state index in [1.165, 1.54) is 29.5 Å². The summed E-state index contributed by atoms with van der Waals surface area (Å²) in [7, 11) is 0. The number of rotatable bonds is 7. The quantitative estimate of drug-likeness (QED) is 0.301. The molecule has 0 aliphatic heterocycles. The van der Waals surface area contributed by atoms with Crippen LogP contribution >= 0.6 is 23.1 Å². The third-order valence-corrected chi connectivity index (χ3v) is 5.97. The Labute approximate surface area is 183 Å². The summed E-state index contributed by atoms with van der Waals surface area (Å²) < 4.78 is 29.4. The number of nitrogens with one attached hydrogen (secondary N) is 2. The molecular formula is C21H15F2N3O3S2. The number of thiophene rings is 1. The van der Waals surface area contributed by atoms with Gasteiger partial charge in [0.1, 0.15) is 10.6 Å². The monoisotopic (exact) mass is 459 g/mol. The van der Waals surface area contributed by atoms with Gasteiger partial charge in [-0.2, -0.15) is 8.78 Å². The number of para-hydroxylation sites is 2. The van der Waals surface area contributed by atoms with Crippen LogP contribution in [-0.2, 0) is 4.79 Å². The Kier molecular flexibility index (Phi) is 6.28. The van der Waals surface area contributed by atoms with Gasteiger partial charge in [0.15, 0.2) is 5.16 Å². The van der Waals surface area contributed by atoms with Gasteiger partial charge in [0.05, 0.1) is 16.8 Å². The Morgan fingerprint density at radius 3 is 2.68 bits per heavy atom. The normalized spacial score (nSPS) is 11.1. The van der Waals surface area contributed by atoms with E-state index in [1.54, 1.807) is 6.07 Å². The number of thioether (sulfide) groups is 1. The lowest BCUT2D eigenvalue weighted by atomic mass is 10.1. The number of aromatic amines is 1. The minimum Gasteiger partial charge on any atom is -0.433 e. The molecule has 0 saturated carbocycles. The molecule has 2 aromatic heterocycles. The Hall–Kier alpha value is -3.24. The SMILES string of the molecule is O=C(CSc1nc2scc(-c3ccccc3)c2c(=O)[nH]1)Nc1ccccc1OC(F)F. The van der Waals surface area contributed by atoms with Crippen molar-refractivity contribution in [1.82, 2.24) is 9.97 Å². The summed E-state index contributed by atoms with van der Waals surface area (Å²) in [4.78, 5) is 32.6. The van der Waals surface area contributed by atoms with Gasteiger partial charge in [0.25, 0.3) is 5.56 Å². The molecule has 0 aliphatic carbocycles. The zero-order valence-electron chi connectivity index (χ0n) is 15.8. The third kappa shape index (κ3) is 4.92. The fourth-order valence-electron chi connectivity index (χ4n) is 2.92. The number of ether oxygens (including phenoxy) is 1. The molecule has 1 amide bonds. The van der Waals surface area contributed by atoms with Gasteiger partial charge in [-0.25, -0.2) is 4.98 Å². The lowest BCUT2D eigenvalue weighted by molar-refractivity contribution is -0.113. The number of benzene rings is 2. The summed E-state index contributed by atoms with van der Waals surface area (Å²) in [6.07, 6.45) is 0. The highest BCUT2D eigenvalue weighted by molar-refractivity contribution is 7.99. The topological polar surface area (TPSA) is 84.1 Å². The first-order valence-electron chi connectivity index (χ1n) is 9.04. The Morgan fingerprint density at radius 2 is 1.90 bits per heavy atom. The average Bonchev–Trinajstić information content (AvgIpc) is 3.19. The van der Waals surface area contributed by atoms with Gasteiger partial charge in [0, 0.05) is 10.9 Å². The van der Waals surface area contributed by atoms with Gasteiger partial charge in [-0.05, 0) is 17.7 Å². The Balaban J connectivity index is 1.48. The molecule has 0 aliphatic rings. The smallest absolute Gasteiger partial charge is 0.387 e. The number of carbonyl (C=O) groups excluding carboxylic acids is 1. The van der Waals surface area contributed by atoms with E-state index in [0.717, 1.165) is 22.9 Å². The van der Waals surface area contributed by atoms with E-state index < -0.39 is 12.5 Å². The minimum absolute atomic E-state index is 0.0750. The van der Waals surface area contributed by atoms with Crippen molar-refractivity contribution in [2.24, 2.45) is 0 Å². The molecule has 2 aromatic carbocycles. The van der Waals surface area contributed by atoms with Crippen molar-refractivity contribution >= 4 is 44.9 Å². The van der Waals surface area contributed by atoms with E-state index in [0.29, 0.717) is 15.4 Å². The lowest BCUT2D eigenvalue weighted by Gasteiger charge is -2.11. The number of alkyl halides is 2. The summed E-state index contributed by atoms with van der Waals surface area (Å²) >= 11 is 2.39. The molecule has 0 unspecified atom stereocenters. The van der Waals surface area contributed by atoms with Crippen molar-refractivity contribution in [3.05, 3.63) is 70.3 Å². The number of halogens is 2. The van der Waals surface area contributed by atoms with Crippen LogP contribution in [0, 0.1) is 0 Å². The summed E-state index contributed by atoms with van der Waals surface area (Å²) in [5.74, 6) is -0.654. The standard InChI is InChI=1S/C21H15F2N3O3S2/c22-20(23)29-15-9-5-4-8-14(15)24-16(27)11-31-21-25-18(28)17-13(10-30-19(17)26-21)12-6-2-1-3-7-12/h1-10,20H,11H2,(H,24,27)(H,25,26,28). The van der Waals surface area contributed by atoms with Crippen LogP contribution in [0.5, 0.6) is 5.75 Å². The second-order valence-corrected chi connectivity index (χ2v) is 8.10. The van der Waals surface area contributed by atoms with Crippen LogP contribution in [0.1, 0.15) is 0 Å². The van der Waals surface area contributed by atoms with Crippen LogP contribution in [0.4, 0.5) is 14.5 Å². The fourth-order valence-corrected chi connectivity index (χ4v) is 4.58. The molecule has 0 atom stereocenters. The molecule has 10 heteroatoms. The lowest BCUT2D eigenvalue weighted by Crippen LogP contribution is -2.16. The highest BCUT2D eigenvalue weighted by Crippen LogP contribution is 2.31. The van der Waals surface area contributed by atoms with Crippen LogP contribution in [0.2, 0.25) is 0 Å². The molecule has 0 bridgehead atoms. The first-order valence-corrected chi connectivity index (χ1v) is 10.9. The molecule has 4 rings (SSSR count). The summed E-state index contributed by atoms with van der Waals surface area (Å²) in [5, 5.41) is 5.21. The van der Waals surface area contributed by atoms with Crippen molar-refractivity contribution in [2.75, 3.05) is 11.1 Å². The van der Waals surface area contributed by atoms with Gasteiger partial charge in [-0.15, -0.1) is 11.3 Å². The van der Waals surface area contributed by atoms with E-state index in [9.17, 15) is 18.4 Å². The van der Waals surface area contributed by atoms with E-state index in [-0.39, 0.29) is 22.7 Å². The number of anilines is 1. The number of amides is 1. The van der Waals surface area contributed by atoms with Crippen molar-refractivity contribution in [3.63, 3.8) is 0 Å². The van der Waals surface area contributed by atoms with Crippen molar-refractivity contribution < 1.29 is 18.3 Å². The largest absolute Gasteiger partial charge is 0.433 e. The predicted octanol–water partition coefficient (Wildman–Crippen LogP) is 4.98.